The van der Waals surface area contributed by atoms with E-state index in [0.29, 0.717) is 5.56 Å². The number of hydrogen-bond acceptors (Lipinski definition) is 3. The standard InChI is InChI=1S/C15H14N2O2/c1-9-6-11(19-3)4-5-12(9)13-7-10(2)17-15(18)14(13)8-16/h4-7H,1-3H3,(H,17,18). The molecule has 4 heteroatoms. The van der Waals surface area contributed by atoms with E-state index in [1.165, 1.54) is 0 Å². The Morgan fingerprint density at radius 3 is 2.53 bits per heavy atom. The van der Waals surface area contributed by atoms with Gasteiger partial charge in [-0.3, -0.25) is 4.79 Å². The lowest BCUT2D eigenvalue weighted by atomic mass is 9.97. The third-order valence-corrected chi connectivity index (χ3v) is 3.00. The number of methoxy groups -OCH3 is 1. The molecule has 0 atom stereocenters. The molecule has 1 heterocycles. The Morgan fingerprint density at radius 2 is 1.95 bits per heavy atom. The Bertz CT molecular complexity index is 724. The maximum Gasteiger partial charge on any atom is 0.266 e. The number of nitrogens with zero attached hydrogens (tertiary/aromatic N) is 1. The molecule has 2 rings (SSSR count). The summed E-state index contributed by atoms with van der Waals surface area (Å²) in [6, 6.07) is 9.35. The van der Waals surface area contributed by atoms with Crippen LogP contribution in [0.1, 0.15) is 16.8 Å². The van der Waals surface area contributed by atoms with E-state index in [0.717, 1.165) is 22.6 Å². The van der Waals surface area contributed by atoms with E-state index >= 15 is 0 Å². The fraction of sp³-hybridized carbons (Fsp3) is 0.200. The Hall–Kier alpha value is -2.54. The first kappa shape index (κ1) is 12.9. The van der Waals surface area contributed by atoms with Crippen molar-refractivity contribution in [3.63, 3.8) is 0 Å². The number of nitrogens with one attached hydrogen (secondary N) is 1. The SMILES string of the molecule is COc1ccc(-c2cc(C)[nH]c(=O)c2C#N)c(C)c1. The normalized spacial score (nSPS) is 10.0. The lowest BCUT2D eigenvalue weighted by molar-refractivity contribution is 0.414. The second-order valence-corrected chi connectivity index (χ2v) is 4.36. The predicted octanol–water partition coefficient (Wildman–Crippen LogP) is 2.54. The van der Waals surface area contributed by atoms with Crippen molar-refractivity contribution >= 4 is 0 Å². The Balaban J connectivity index is 2.72. The minimum Gasteiger partial charge on any atom is -0.497 e. The largest absolute Gasteiger partial charge is 0.497 e. The second kappa shape index (κ2) is 4.99. The topological polar surface area (TPSA) is 65.9 Å². The van der Waals surface area contributed by atoms with E-state index in [1.807, 2.05) is 37.3 Å². The van der Waals surface area contributed by atoms with Crippen LogP contribution in [0, 0.1) is 25.2 Å². The zero-order chi connectivity index (χ0) is 14.0. The zero-order valence-electron chi connectivity index (χ0n) is 11.1. The summed E-state index contributed by atoms with van der Waals surface area (Å²) < 4.78 is 5.16. The second-order valence-electron chi connectivity index (χ2n) is 4.36. The number of aromatic amines is 1. The molecule has 1 aromatic heterocycles. The summed E-state index contributed by atoms with van der Waals surface area (Å²) in [6.45, 7) is 3.72. The van der Waals surface area contributed by atoms with Crippen molar-refractivity contribution < 1.29 is 4.74 Å². The molecule has 0 saturated carbocycles. The van der Waals surface area contributed by atoms with Crippen molar-refractivity contribution in [1.29, 1.82) is 5.26 Å². The number of aromatic nitrogens is 1. The van der Waals surface area contributed by atoms with Crippen molar-refractivity contribution in [3.8, 4) is 22.9 Å². The Morgan fingerprint density at radius 1 is 1.21 bits per heavy atom. The summed E-state index contributed by atoms with van der Waals surface area (Å²) in [7, 11) is 1.60. The summed E-state index contributed by atoms with van der Waals surface area (Å²) in [6.07, 6.45) is 0. The first-order chi connectivity index (χ1) is 9.06. The van der Waals surface area contributed by atoms with Gasteiger partial charge in [0.05, 0.1) is 7.11 Å². The number of hydrogen-bond donors (Lipinski definition) is 1. The van der Waals surface area contributed by atoms with Crippen LogP contribution >= 0.6 is 0 Å². The number of pyridine rings is 1. The van der Waals surface area contributed by atoms with Crippen LogP contribution in [0.15, 0.2) is 29.1 Å². The van der Waals surface area contributed by atoms with Crippen molar-refractivity contribution in [1.82, 2.24) is 4.98 Å². The first-order valence-electron chi connectivity index (χ1n) is 5.86. The van der Waals surface area contributed by atoms with Crippen molar-refractivity contribution in [2.75, 3.05) is 7.11 Å². The molecule has 19 heavy (non-hydrogen) atoms. The highest BCUT2D eigenvalue weighted by Gasteiger charge is 2.12. The maximum absolute atomic E-state index is 11.8. The minimum atomic E-state index is -0.354. The Labute approximate surface area is 111 Å². The number of aryl methyl sites for hydroxylation is 2. The summed E-state index contributed by atoms with van der Waals surface area (Å²) in [5.74, 6) is 0.751. The number of ether oxygens (including phenoxy) is 1. The van der Waals surface area contributed by atoms with Gasteiger partial charge < -0.3 is 9.72 Å². The van der Waals surface area contributed by atoms with Gasteiger partial charge in [-0.15, -0.1) is 0 Å². The van der Waals surface area contributed by atoms with Crippen LogP contribution in [0.25, 0.3) is 11.1 Å². The highest BCUT2D eigenvalue weighted by atomic mass is 16.5. The first-order valence-corrected chi connectivity index (χ1v) is 5.86. The summed E-state index contributed by atoms with van der Waals surface area (Å²) in [4.78, 5) is 14.4. The van der Waals surface area contributed by atoms with Gasteiger partial charge in [0, 0.05) is 11.3 Å². The monoisotopic (exact) mass is 254 g/mol. The van der Waals surface area contributed by atoms with Gasteiger partial charge in [0.25, 0.3) is 5.56 Å². The van der Waals surface area contributed by atoms with Crippen molar-refractivity contribution in [2.45, 2.75) is 13.8 Å². The number of nitriles is 1. The molecular weight excluding hydrogens is 240 g/mol. The highest BCUT2D eigenvalue weighted by Crippen LogP contribution is 2.28. The average Bonchev–Trinajstić information content (AvgIpc) is 2.37. The quantitative estimate of drug-likeness (QED) is 0.895. The van der Waals surface area contributed by atoms with E-state index in [4.69, 9.17) is 10.00 Å². The van der Waals surface area contributed by atoms with Crippen LogP contribution in [0.5, 0.6) is 5.75 Å². The molecule has 4 nitrogen and oxygen atoms in total. The van der Waals surface area contributed by atoms with Gasteiger partial charge in [0.2, 0.25) is 0 Å². The molecular formula is C15H14N2O2. The van der Waals surface area contributed by atoms with E-state index < -0.39 is 0 Å². The van der Waals surface area contributed by atoms with E-state index in [-0.39, 0.29) is 11.1 Å². The molecule has 0 amide bonds. The van der Waals surface area contributed by atoms with E-state index in [1.54, 1.807) is 14.0 Å². The molecule has 0 bridgehead atoms. The third kappa shape index (κ3) is 2.36. The summed E-state index contributed by atoms with van der Waals surface area (Å²) in [5.41, 5.74) is 3.00. The minimum absolute atomic E-state index is 0.138. The maximum atomic E-state index is 11.8. The molecule has 0 unspecified atom stereocenters. The molecule has 0 aliphatic heterocycles. The summed E-state index contributed by atoms with van der Waals surface area (Å²) in [5, 5.41) is 9.15. The molecule has 0 aliphatic rings. The van der Waals surface area contributed by atoms with Gasteiger partial charge in [-0.25, -0.2) is 0 Å². The van der Waals surface area contributed by atoms with Crippen LogP contribution in [0.3, 0.4) is 0 Å². The third-order valence-electron chi connectivity index (χ3n) is 3.00. The van der Waals surface area contributed by atoms with Gasteiger partial charge >= 0.3 is 0 Å². The molecule has 0 spiro atoms. The predicted molar refractivity (Wildman–Crippen MR) is 73.2 cm³/mol. The Kier molecular flexibility index (Phi) is 3.39. The van der Waals surface area contributed by atoms with Crippen LogP contribution in [0.2, 0.25) is 0 Å². The molecule has 96 valence electrons. The molecule has 2 aromatic rings. The van der Waals surface area contributed by atoms with Gasteiger partial charge in [0.15, 0.2) is 0 Å². The molecule has 1 aromatic carbocycles. The highest BCUT2D eigenvalue weighted by molar-refractivity contribution is 5.73. The smallest absolute Gasteiger partial charge is 0.266 e. The zero-order valence-corrected chi connectivity index (χ0v) is 11.1. The van der Waals surface area contributed by atoms with Gasteiger partial charge in [-0.05, 0) is 43.2 Å². The van der Waals surface area contributed by atoms with Gasteiger partial charge in [0.1, 0.15) is 17.4 Å². The molecule has 0 fully saturated rings. The molecule has 1 N–H and O–H groups in total. The van der Waals surface area contributed by atoms with Crippen LogP contribution in [-0.4, -0.2) is 12.1 Å². The van der Waals surface area contributed by atoms with Crippen molar-refractivity contribution in [2.24, 2.45) is 0 Å². The summed E-state index contributed by atoms with van der Waals surface area (Å²) >= 11 is 0. The van der Waals surface area contributed by atoms with E-state index in [2.05, 4.69) is 4.98 Å². The average molecular weight is 254 g/mol. The molecule has 0 saturated heterocycles. The fourth-order valence-corrected chi connectivity index (χ4v) is 2.08. The molecule has 0 aliphatic carbocycles. The van der Waals surface area contributed by atoms with Gasteiger partial charge in [-0.1, -0.05) is 6.07 Å². The van der Waals surface area contributed by atoms with Crippen LogP contribution in [0.4, 0.5) is 0 Å². The number of H-pyrrole nitrogens is 1. The molecule has 0 radical (unpaired) electrons. The number of benzene rings is 1. The fourth-order valence-electron chi connectivity index (χ4n) is 2.08. The lowest BCUT2D eigenvalue weighted by Crippen LogP contribution is -2.13. The lowest BCUT2D eigenvalue weighted by Gasteiger charge is -2.10. The van der Waals surface area contributed by atoms with Crippen LogP contribution < -0.4 is 10.3 Å². The van der Waals surface area contributed by atoms with Crippen LogP contribution in [-0.2, 0) is 0 Å². The van der Waals surface area contributed by atoms with Crippen molar-refractivity contribution in [3.05, 3.63) is 51.4 Å². The van der Waals surface area contributed by atoms with E-state index in [9.17, 15) is 4.79 Å². The van der Waals surface area contributed by atoms with Gasteiger partial charge in [-0.2, -0.15) is 5.26 Å². The number of rotatable bonds is 2.